The van der Waals surface area contributed by atoms with Crippen LogP contribution in [-0.2, 0) is 9.53 Å². The van der Waals surface area contributed by atoms with E-state index in [0.717, 1.165) is 10.3 Å². The number of anilines is 1. The molecule has 0 atom stereocenters. The lowest BCUT2D eigenvalue weighted by molar-refractivity contribution is -0.146. The fourth-order valence-electron chi connectivity index (χ4n) is 2.19. The maximum absolute atomic E-state index is 12.6. The van der Waals surface area contributed by atoms with Crippen LogP contribution in [0.25, 0.3) is 10.9 Å². The summed E-state index contributed by atoms with van der Waals surface area (Å²) >= 11 is 0. The number of rotatable bonds is 6. The molecule has 0 aliphatic rings. The number of carbonyl (C=O) groups excluding carboxylic acids is 1. The third-order valence-corrected chi connectivity index (χ3v) is 3.45. The smallest absolute Gasteiger partial charge is 0.346 e. The van der Waals surface area contributed by atoms with Gasteiger partial charge in [0.15, 0.2) is 0 Å². The van der Waals surface area contributed by atoms with Crippen LogP contribution in [0.2, 0.25) is 0 Å². The summed E-state index contributed by atoms with van der Waals surface area (Å²) in [7, 11) is 1.23. The molecule has 132 valence electrons. The second-order valence-corrected chi connectivity index (χ2v) is 5.18. The first kappa shape index (κ1) is 17.2. The second kappa shape index (κ2) is 7.93. The Kier molecular flexibility index (Phi) is 5.23. The van der Waals surface area contributed by atoms with Crippen molar-refractivity contribution in [3.05, 3.63) is 70.5 Å². The topological polar surface area (TPSA) is 94.8 Å². The molecule has 1 N–H and O–H groups in total. The van der Waals surface area contributed by atoms with Crippen molar-refractivity contribution in [1.29, 1.82) is 0 Å². The normalized spacial score (nSPS) is 10.8. The number of hydrogen-bond acceptors (Lipinski definition) is 7. The van der Waals surface area contributed by atoms with E-state index in [1.54, 1.807) is 30.5 Å². The van der Waals surface area contributed by atoms with Crippen molar-refractivity contribution in [3.8, 4) is 0 Å². The molecule has 0 amide bonds. The van der Waals surface area contributed by atoms with Crippen LogP contribution >= 0.6 is 0 Å². The Morgan fingerprint density at radius 1 is 1.19 bits per heavy atom. The maximum atomic E-state index is 12.6. The molecule has 0 radical (unpaired) electrons. The van der Waals surface area contributed by atoms with E-state index in [0.29, 0.717) is 10.9 Å². The number of nitrogens with zero attached hydrogens (tertiary/aromatic N) is 3. The first-order valence-corrected chi connectivity index (χ1v) is 7.75. The molecule has 8 heteroatoms. The van der Waals surface area contributed by atoms with Gasteiger partial charge in [-0.1, -0.05) is 42.5 Å². The average Bonchev–Trinajstić information content (AvgIpc) is 2.68. The van der Waals surface area contributed by atoms with E-state index in [9.17, 15) is 9.59 Å². The monoisotopic (exact) mass is 352 g/mol. The number of hydrogen-bond donors (Lipinski definition) is 1. The molecule has 1 heterocycles. The summed E-state index contributed by atoms with van der Waals surface area (Å²) in [5.41, 5.74) is 3.56. The van der Waals surface area contributed by atoms with Gasteiger partial charge in [0.25, 0.3) is 11.5 Å². The molecule has 3 rings (SSSR count). The number of aromatic nitrogens is 2. The molecule has 26 heavy (non-hydrogen) atoms. The summed E-state index contributed by atoms with van der Waals surface area (Å²) in [5.74, 6) is -0.575. The van der Waals surface area contributed by atoms with Crippen LogP contribution in [0.15, 0.2) is 64.5 Å². The quantitative estimate of drug-likeness (QED) is 0.410. The summed E-state index contributed by atoms with van der Waals surface area (Å²) in [5, 5.41) is 4.43. The Balaban J connectivity index is 1.94. The molecule has 0 fully saturated rings. The number of ether oxygens (including phenoxy) is 1. The Labute approximate surface area is 148 Å². The van der Waals surface area contributed by atoms with Gasteiger partial charge < -0.3 is 9.57 Å². The Hall–Kier alpha value is -3.68. The molecule has 8 nitrogen and oxygen atoms in total. The molecule has 3 aromatic rings. The van der Waals surface area contributed by atoms with E-state index >= 15 is 0 Å². The average molecular weight is 352 g/mol. The Morgan fingerprint density at radius 2 is 1.92 bits per heavy atom. The predicted octanol–water partition coefficient (Wildman–Crippen LogP) is 1.44. The molecular weight excluding hydrogens is 336 g/mol. The van der Waals surface area contributed by atoms with Gasteiger partial charge in [0, 0.05) is 0 Å². The minimum Gasteiger partial charge on any atom is -0.466 e. The highest BCUT2D eigenvalue weighted by molar-refractivity contribution is 5.81. The predicted molar refractivity (Wildman–Crippen MR) is 97.1 cm³/mol. The summed E-state index contributed by atoms with van der Waals surface area (Å²) in [4.78, 5) is 33.6. The molecular formula is C18H16N4O4. The van der Waals surface area contributed by atoms with Crippen LogP contribution in [0.1, 0.15) is 5.56 Å². The van der Waals surface area contributed by atoms with Gasteiger partial charge in [-0.25, -0.2) is 15.2 Å². The molecule has 0 aliphatic carbocycles. The van der Waals surface area contributed by atoms with Gasteiger partial charge in [0.05, 0.1) is 24.2 Å². The summed E-state index contributed by atoms with van der Waals surface area (Å²) < 4.78 is 5.42. The maximum Gasteiger partial charge on any atom is 0.346 e. The molecule has 0 aliphatic heterocycles. The molecule has 0 bridgehead atoms. The number of para-hydroxylation sites is 1. The van der Waals surface area contributed by atoms with Crippen LogP contribution in [0.5, 0.6) is 0 Å². The van der Waals surface area contributed by atoms with E-state index in [2.05, 4.69) is 20.2 Å². The summed E-state index contributed by atoms with van der Waals surface area (Å²) in [6.45, 7) is -0.437. The van der Waals surface area contributed by atoms with Gasteiger partial charge in [0.2, 0.25) is 6.61 Å². The van der Waals surface area contributed by atoms with Gasteiger partial charge in [-0.2, -0.15) is 5.10 Å². The zero-order chi connectivity index (χ0) is 18.4. The van der Waals surface area contributed by atoms with Crippen LogP contribution < -0.4 is 15.8 Å². The summed E-state index contributed by atoms with van der Waals surface area (Å²) in [6, 6.07) is 16.2. The van der Waals surface area contributed by atoms with E-state index in [4.69, 9.17) is 4.84 Å². The largest absolute Gasteiger partial charge is 0.466 e. The lowest BCUT2D eigenvalue weighted by atomic mass is 10.2. The van der Waals surface area contributed by atoms with E-state index in [-0.39, 0.29) is 5.95 Å². The minimum absolute atomic E-state index is 0.0461. The van der Waals surface area contributed by atoms with Gasteiger partial charge in [-0.3, -0.25) is 4.79 Å². The SMILES string of the molecule is COC(=O)COn1c(N/N=C/c2ccccc2)nc2ccccc2c1=O. The van der Waals surface area contributed by atoms with Crippen molar-refractivity contribution in [2.24, 2.45) is 5.10 Å². The number of fused-ring (bicyclic) bond motifs is 1. The second-order valence-electron chi connectivity index (χ2n) is 5.18. The lowest BCUT2D eigenvalue weighted by Crippen LogP contribution is -2.33. The van der Waals surface area contributed by atoms with Gasteiger partial charge in [-0.15, -0.1) is 4.73 Å². The van der Waals surface area contributed by atoms with Gasteiger partial charge in [-0.05, 0) is 17.7 Å². The fourth-order valence-corrected chi connectivity index (χ4v) is 2.19. The van der Waals surface area contributed by atoms with Crippen LogP contribution in [-0.4, -0.2) is 35.6 Å². The van der Waals surface area contributed by atoms with Crippen molar-refractivity contribution in [2.45, 2.75) is 0 Å². The third kappa shape index (κ3) is 3.86. The van der Waals surface area contributed by atoms with Crippen molar-refractivity contribution in [2.75, 3.05) is 19.1 Å². The number of esters is 1. The number of carbonyl (C=O) groups is 1. The molecule has 2 aromatic carbocycles. The number of methoxy groups -OCH3 is 1. The molecule has 0 unspecified atom stereocenters. The number of benzene rings is 2. The summed E-state index contributed by atoms with van der Waals surface area (Å²) in [6.07, 6.45) is 1.58. The third-order valence-electron chi connectivity index (χ3n) is 3.45. The first-order chi connectivity index (χ1) is 12.7. The van der Waals surface area contributed by atoms with E-state index < -0.39 is 18.1 Å². The van der Waals surface area contributed by atoms with Crippen LogP contribution in [0.4, 0.5) is 5.95 Å². The standard InChI is InChI=1S/C18H16N4O4/c1-25-16(23)12-26-22-17(24)14-9-5-6-10-15(14)20-18(22)21-19-11-13-7-3-2-4-8-13/h2-11H,12H2,1H3,(H,20,21)/b19-11+. The van der Waals surface area contributed by atoms with Crippen molar-refractivity contribution < 1.29 is 14.4 Å². The van der Waals surface area contributed by atoms with Crippen molar-refractivity contribution >= 4 is 29.0 Å². The Morgan fingerprint density at radius 3 is 2.69 bits per heavy atom. The highest BCUT2D eigenvalue weighted by Crippen LogP contribution is 2.10. The number of hydrazone groups is 1. The highest BCUT2D eigenvalue weighted by atomic mass is 16.7. The van der Waals surface area contributed by atoms with Crippen LogP contribution in [0.3, 0.4) is 0 Å². The number of nitrogens with one attached hydrogen (secondary N) is 1. The van der Waals surface area contributed by atoms with E-state index in [1.165, 1.54) is 7.11 Å². The van der Waals surface area contributed by atoms with E-state index in [1.807, 2.05) is 30.3 Å². The molecule has 0 saturated heterocycles. The van der Waals surface area contributed by atoms with Crippen molar-refractivity contribution in [1.82, 2.24) is 9.71 Å². The molecule has 1 aromatic heterocycles. The van der Waals surface area contributed by atoms with Gasteiger partial charge in [0.1, 0.15) is 0 Å². The zero-order valence-electron chi connectivity index (χ0n) is 14.0. The molecule has 0 spiro atoms. The highest BCUT2D eigenvalue weighted by Gasteiger charge is 2.13. The zero-order valence-corrected chi connectivity index (χ0v) is 14.0. The fraction of sp³-hybridized carbons (Fsp3) is 0.111. The lowest BCUT2D eigenvalue weighted by Gasteiger charge is -2.12. The molecule has 0 saturated carbocycles. The van der Waals surface area contributed by atoms with Crippen molar-refractivity contribution in [3.63, 3.8) is 0 Å². The minimum atomic E-state index is -0.621. The van der Waals surface area contributed by atoms with Crippen LogP contribution in [0, 0.1) is 0 Å². The first-order valence-electron chi connectivity index (χ1n) is 7.75. The Bertz CT molecular complexity index is 999. The van der Waals surface area contributed by atoms with Gasteiger partial charge >= 0.3 is 5.97 Å².